The van der Waals surface area contributed by atoms with Gasteiger partial charge in [-0.15, -0.1) is 10.2 Å². The molecule has 0 aliphatic heterocycles. The Morgan fingerprint density at radius 3 is 2.43 bits per heavy atom. The fraction of sp³-hybridized carbons (Fsp3) is 0.250. The molecular weight excluding hydrogens is 293 g/mol. The number of nitrogens with zero attached hydrogens (tertiary/aromatic N) is 2. The monoisotopic (exact) mass is 302 g/mol. The van der Waals surface area contributed by atoms with Crippen LogP contribution in [0.5, 0.6) is 5.75 Å². The first-order valence-corrected chi connectivity index (χ1v) is 5.61. The maximum absolute atomic E-state index is 12.3. The van der Waals surface area contributed by atoms with Crippen molar-refractivity contribution in [2.45, 2.75) is 6.18 Å². The molecule has 0 aliphatic carbocycles. The van der Waals surface area contributed by atoms with Crippen LogP contribution >= 0.6 is 0 Å². The van der Waals surface area contributed by atoms with Crippen LogP contribution in [0, 0.1) is 0 Å². The van der Waals surface area contributed by atoms with Crippen molar-refractivity contribution in [1.29, 1.82) is 0 Å². The van der Waals surface area contributed by atoms with Gasteiger partial charge in [-0.1, -0.05) is 0 Å². The molecule has 0 atom stereocenters. The van der Waals surface area contributed by atoms with Crippen LogP contribution in [0.15, 0.2) is 28.7 Å². The van der Waals surface area contributed by atoms with Crippen molar-refractivity contribution in [2.24, 2.45) is 0 Å². The van der Waals surface area contributed by atoms with Gasteiger partial charge in [0, 0.05) is 5.56 Å². The first kappa shape index (κ1) is 14.8. The van der Waals surface area contributed by atoms with E-state index in [1.807, 2.05) is 0 Å². The molecule has 0 radical (unpaired) electrons. The van der Waals surface area contributed by atoms with Gasteiger partial charge in [0.25, 0.3) is 0 Å². The predicted octanol–water partition coefficient (Wildman–Crippen LogP) is 2.31. The number of benzene rings is 1. The number of alkyl halides is 3. The van der Waals surface area contributed by atoms with E-state index >= 15 is 0 Å². The van der Waals surface area contributed by atoms with Crippen molar-refractivity contribution in [2.75, 3.05) is 13.7 Å². The maximum atomic E-state index is 12.3. The molecule has 0 unspecified atom stereocenters. The van der Waals surface area contributed by atoms with Crippen LogP contribution in [0.1, 0.15) is 5.89 Å². The zero-order valence-corrected chi connectivity index (χ0v) is 10.7. The molecule has 2 rings (SSSR count). The molecule has 0 saturated carbocycles. The van der Waals surface area contributed by atoms with Gasteiger partial charge in [0.05, 0.1) is 7.11 Å². The Hall–Kier alpha value is -2.58. The molecule has 6 nitrogen and oxygen atoms in total. The Kier molecular flexibility index (Phi) is 4.10. The molecule has 1 aromatic carbocycles. The van der Waals surface area contributed by atoms with Crippen LogP contribution in [0.4, 0.5) is 13.2 Å². The highest BCUT2D eigenvalue weighted by atomic mass is 19.4. The molecule has 0 fully saturated rings. The van der Waals surface area contributed by atoms with Gasteiger partial charge in [-0.25, -0.2) is 4.79 Å². The van der Waals surface area contributed by atoms with E-state index in [2.05, 4.69) is 19.4 Å². The molecule has 9 heteroatoms. The molecule has 0 bridgehead atoms. The Morgan fingerprint density at radius 2 is 1.90 bits per heavy atom. The van der Waals surface area contributed by atoms with Gasteiger partial charge in [0.2, 0.25) is 5.89 Å². The normalized spacial score (nSPS) is 11.2. The number of rotatable bonds is 4. The van der Waals surface area contributed by atoms with Crippen molar-refractivity contribution in [3.8, 4) is 17.2 Å². The summed E-state index contributed by atoms with van der Waals surface area (Å²) in [7, 11) is 1.22. The van der Waals surface area contributed by atoms with Gasteiger partial charge in [-0.2, -0.15) is 13.2 Å². The SMILES string of the molecule is COC(=O)COc1ccc(-c2nnc(C(F)(F)F)o2)cc1. The standard InChI is InChI=1S/C12H9F3N2O4/c1-19-9(18)6-20-8-4-2-7(3-5-8)10-16-17-11(21-10)12(13,14)15/h2-5H,6H2,1H3. The average Bonchev–Trinajstić information content (AvgIpc) is 2.95. The number of hydrogen-bond donors (Lipinski definition) is 0. The van der Waals surface area contributed by atoms with Gasteiger partial charge in [0.1, 0.15) is 5.75 Å². The summed E-state index contributed by atoms with van der Waals surface area (Å²) in [5.41, 5.74) is 0.295. The molecule has 0 spiro atoms. The van der Waals surface area contributed by atoms with E-state index in [0.29, 0.717) is 11.3 Å². The lowest BCUT2D eigenvalue weighted by Crippen LogP contribution is -2.12. The maximum Gasteiger partial charge on any atom is 0.470 e. The van der Waals surface area contributed by atoms with E-state index in [4.69, 9.17) is 4.74 Å². The van der Waals surface area contributed by atoms with E-state index in [9.17, 15) is 18.0 Å². The molecule has 21 heavy (non-hydrogen) atoms. The van der Waals surface area contributed by atoms with Crippen LogP contribution < -0.4 is 4.74 Å². The van der Waals surface area contributed by atoms with Gasteiger partial charge >= 0.3 is 18.0 Å². The largest absolute Gasteiger partial charge is 0.482 e. The minimum absolute atomic E-state index is 0.262. The zero-order valence-electron chi connectivity index (χ0n) is 10.7. The fourth-order valence-corrected chi connectivity index (χ4v) is 1.35. The second-order valence-electron chi connectivity index (χ2n) is 3.80. The third kappa shape index (κ3) is 3.71. The number of halogens is 3. The second-order valence-corrected chi connectivity index (χ2v) is 3.80. The van der Waals surface area contributed by atoms with Crippen molar-refractivity contribution in [3.63, 3.8) is 0 Å². The average molecular weight is 302 g/mol. The number of ether oxygens (including phenoxy) is 2. The molecule has 1 aromatic heterocycles. The van der Waals surface area contributed by atoms with Gasteiger partial charge in [-0.3, -0.25) is 0 Å². The molecule has 0 N–H and O–H groups in total. The number of aromatic nitrogens is 2. The Bertz CT molecular complexity index is 622. The third-order valence-electron chi connectivity index (χ3n) is 2.35. The van der Waals surface area contributed by atoms with Gasteiger partial charge in [-0.05, 0) is 24.3 Å². The Labute approximate surface area is 116 Å². The molecule has 112 valence electrons. The van der Waals surface area contributed by atoms with Crippen LogP contribution in [-0.4, -0.2) is 29.9 Å². The third-order valence-corrected chi connectivity index (χ3v) is 2.35. The summed E-state index contributed by atoms with van der Waals surface area (Å²) in [6.45, 7) is -0.269. The lowest BCUT2D eigenvalue weighted by molar-refractivity contribution is -0.157. The highest BCUT2D eigenvalue weighted by Gasteiger charge is 2.38. The quantitative estimate of drug-likeness (QED) is 0.807. The zero-order chi connectivity index (χ0) is 15.5. The summed E-state index contributed by atoms with van der Waals surface area (Å²) in [6, 6.07) is 5.77. The molecule has 0 saturated heterocycles. The molecule has 0 aliphatic rings. The molecule has 2 aromatic rings. The summed E-state index contributed by atoms with van der Waals surface area (Å²) in [4.78, 5) is 10.9. The molecular formula is C12H9F3N2O4. The smallest absolute Gasteiger partial charge is 0.470 e. The first-order chi connectivity index (χ1) is 9.90. The van der Waals surface area contributed by atoms with Crippen LogP contribution in [0.25, 0.3) is 11.5 Å². The lowest BCUT2D eigenvalue weighted by Gasteiger charge is -2.04. The van der Waals surface area contributed by atoms with Crippen molar-refractivity contribution in [1.82, 2.24) is 10.2 Å². The van der Waals surface area contributed by atoms with Gasteiger partial charge < -0.3 is 13.9 Å². The van der Waals surface area contributed by atoms with Crippen molar-refractivity contribution >= 4 is 5.97 Å². The summed E-state index contributed by atoms with van der Waals surface area (Å²) < 4.78 is 51.0. The topological polar surface area (TPSA) is 74.5 Å². The van der Waals surface area contributed by atoms with E-state index < -0.39 is 18.0 Å². The summed E-state index contributed by atoms with van der Waals surface area (Å²) in [5, 5.41) is 6.24. The highest BCUT2D eigenvalue weighted by Crippen LogP contribution is 2.30. The predicted molar refractivity (Wildman–Crippen MR) is 62.2 cm³/mol. The molecule has 0 amide bonds. The summed E-state index contributed by atoms with van der Waals surface area (Å²) in [5.74, 6) is -1.88. The van der Waals surface area contributed by atoms with E-state index in [0.717, 1.165) is 0 Å². The van der Waals surface area contributed by atoms with Gasteiger partial charge in [0.15, 0.2) is 6.61 Å². The van der Waals surface area contributed by atoms with E-state index in [1.54, 1.807) is 0 Å². The van der Waals surface area contributed by atoms with Crippen molar-refractivity contribution < 1.29 is 31.9 Å². The number of methoxy groups -OCH3 is 1. The fourth-order valence-electron chi connectivity index (χ4n) is 1.35. The number of carbonyl (C=O) groups is 1. The summed E-state index contributed by atoms with van der Waals surface area (Å²) in [6.07, 6.45) is -4.69. The molecule has 1 heterocycles. The first-order valence-electron chi connectivity index (χ1n) is 5.61. The minimum atomic E-state index is -4.69. The van der Waals surface area contributed by atoms with E-state index in [-0.39, 0.29) is 12.5 Å². The van der Waals surface area contributed by atoms with Crippen LogP contribution in [0.3, 0.4) is 0 Å². The number of carbonyl (C=O) groups excluding carboxylic acids is 1. The van der Waals surface area contributed by atoms with Crippen molar-refractivity contribution in [3.05, 3.63) is 30.2 Å². The Morgan fingerprint density at radius 1 is 1.24 bits per heavy atom. The minimum Gasteiger partial charge on any atom is -0.482 e. The number of esters is 1. The summed E-state index contributed by atoms with van der Waals surface area (Å²) >= 11 is 0. The van der Waals surface area contributed by atoms with E-state index in [1.165, 1.54) is 31.4 Å². The Balaban J connectivity index is 2.08. The number of hydrogen-bond acceptors (Lipinski definition) is 6. The van der Waals surface area contributed by atoms with Crippen LogP contribution in [-0.2, 0) is 15.7 Å². The second kappa shape index (κ2) is 5.81. The van der Waals surface area contributed by atoms with Crippen LogP contribution in [0.2, 0.25) is 0 Å². The lowest BCUT2D eigenvalue weighted by atomic mass is 10.2. The highest BCUT2D eigenvalue weighted by molar-refractivity contribution is 5.70.